The van der Waals surface area contributed by atoms with E-state index in [-0.39, 0.29) is 12.3 Å². The van der Waals surface area contributed by atoms with Crippen molar-refractivity contribution in [3.63, 3.8) is 0 Å². The van der Waals surface area contributed by atoms with Crippen LogP contribution < -0.4 is 9.47 Å². The van der Waals surface area contributed by atoms with Crippen LogP contribution in [0, 0.1) is 0 Å². The normalized spacial score (nSPS) is 10.5. The highest BCUT2D eigenvalue weighted by Crippen LogP contribution is 2.26. The first-order valence-corrected chi connectivity index (χ1v) is 8.19. The van der Waals surface area contributed by atoms with E-state index in [9.17, 15) is 4.79 Å². The molecule has 0 bridgehead atoms. The number of rotatable bonds is 6. The molecule has 0 aliphatic rings. The van der Waals surface area contributed by atoms with Crippen LogP contribution in [0.5, 0.6) is 11.5 Å². The summed E-state index contributed by atoms with van der Waals surface area (Å²) in [5, 5.41) is 12.2. The van der Waals surface area contributed by atoms with Gasteiger partial charge < -0.3 is 9.47 Å². The fraction of sp³-hybridized carbons (Fsp3) is 0.176. The summed E-state index contributed by atoms with van der Waals surface area (Å²) in [7, 11) is 3.05. The van der Waals surface area contributed by atoms with Crippen molar-refractivity contribution in [2.24, 2.45) is 0 Å². The minimum absolute atomic E-state index is 0.0546. The van der Waals surface area contributed by atoms with Gasteiger partial charge in [-0.2, -0.15) is 4.80 Å². The Bertz CT molecular complexity index is 910. The van der Waals surface area contributed by atoms with Gasteiger partial charge in [-0.15, -0.1) is 10.2 Å². The van der Waals surface area contributed by atoms with Crippen LogP contribution >= 0.6 is 15.9 Å². The summed E-state index contributed by atoms with van der Waals surface area (Å²) in [6.07, 6.45) is 0. The van der Waals surface area contributed by atoms with Crippen LogP contribution in [0.4, 0.5) is 0 Å². The second-order valence-corrected chi connectivity index (χ2v) is 5.97. The van der Waals surface area contributed by atoms with Gasteiger partial charge in [-0.3, -0.25) is 4.79 Å². The predicted octanol–water partition coefficient (Wildman–Crippen LogP) is 3.00. The van der Waals surface area contributed by atoms with Crippen molar-refractivity contribution in [3.8, 4) is 22.9 Å². The van der Waals surface area contributed by atoms with Crippen molar-refractivity contribution >= 4 is 21.7 Å². The van der Waals surface area contributed by atoms with Crippen molar-refractivity contribution < 1.29 is 14.3 Å². The number of halogens is 1. The average Bonchev–Trinajstić information content (AvgIpc) is 3.09. The molecule has 0 atom stereocenters. The molecule has 0 radical (unpaired) electrons. The first kappa shape index (κ1) is 17.1. The number of carbonyl (C=O) groups excluding carboxylic acids is 1. The number of aromatic nitrogens is 4. The Hall–Kier alpha value is -2.74. The molecule has 2 aromatic carbocycles. The molecular formula is C17H15BrN4O3. The van der Waals surface area contributed by atoms with E-state index in [1.165, 1.54) is 11.9 Å². The molecule has 3 rings (SSSR count). The first-order chi connectivity index (χ1) is 12.1. The second kappa shape index (κ2) is 7.43. The lowest BCUT2D eigenvalue weighted by Gasteiger charge is -2.09. The van der Waals surface area contributed by atoms with E-state index in [2.05, 4.69) is 31.3 Å². The Morgan fingerprint density at radius 2 is 1.96 bits per heavy atom. The summed E-state index contributed by atoms with van der Waals surface area (Å²) < 4.78 is 11.3. The van der Waals surface area contributed by atoms with E-state index >= 15 is 0 Å². The van der Waals surface area contributed by atoms with E-state index in [0.717, 1.165) is 10.0 Å². The van der Waals surface area contributed by atoms with E-state index in [0.29, 0.717) is 22.9 Å². The maximum Gasteiger partial charge on any atom is 0.206 e. The van der Waals surface area contributed by atoms with Gasteiger partial charge in [0, 0.05) is 10.0 Å². The maximum atomic E-state index is 12.6. The zero-order valence-electron chi connectivity index (χ0n) is 13.6. The average molecular weight is 403 g/mol. The summed E-state index contributed by atoms with van der Waals surface area (Å²) in [6.45, 7) is -0.0546. The van der Waals surface area contributed by atoms with E-state index in [1.807, 2.05) is 24.3 Å². The smallest absolute Gasteiger partial charge is 0.206 e. The molecule has 1 heterocycles. The van der Waals surface area contributed by atoms with Crippen LogP contribution in [0.1, 0.15) is 10.4 Å². The third-order valence-corrected chi connectivity index (χ3v) is 4.25. The molecule has 0 aliphatic heterocycles. The number of Topliss-reactive ketones (excluding diaryl/α,β-unsaturated/α-hetero) is 1. The summed E-state index contributed by atoms with van der Waals surface area (Å²) in [5.74, 6) is 1.28. The summed E-state index contributed by atoms with van der Waals surface area (Å²) in [6, 6.07) is 12.6. The lowest BCUT2D eigenvalue weighted by molar-refractivity contribution is 0.0958. The van der Waals surface area contributed by atoms with E-state index in [4.69, 9.17) is 9.47 Å². The molecular weight excluding hydrogens is 388 g/mol. The lowest BCUT2D eigenvalue weighted by Crippen LogP contribution is -2.14. The first-order valence-electron chi connectivity index (χ1n) is 7.40. The third kappa shape index (κ3) is 3.69. The highest BCUT2D eigenvalue weighted by molar-refractivity contribution is 9.10. The molecule has 0 spiro atoms. The Morgan fingerprint density at radius 3 is 2.68 bits per heavy atom. The number of hydrogen-bond acceptors (Lipinski definition) is 6. The highest BCUT2D eigenvalue weighted by Gasteiger charge is 2.17. The van der Waals surface area contributed by atoms with Gasteiger partial charge in [0.2, 0.25) is 5.82 Å². The lowest BCUT2D eigenvalue weighted by atomic mass is 10.1. The number of carbonyl (C=O) groups is 1. The molecule has 8 heteroatoms. The second-order valence-electron chi connectivity index (χ2n) is 5.11. The highest BCUT2D eigenvalue weighted by atomic mass is 79.9. The summed E-state index contributed by atoms with van der Waals surface area (Å²) in [4.78, 5) is 13.9. The summed E-state index contributed by atoms with van der Waals surface area (Å²) >= 11 is 3.45. The Balaban J connectivity index is 1.84. The van der Waals surface area contributed by atoms with Crippen molar-refractivity contribution in [2.45, 2.75) is 6.54 Å². The van der Waals surface area contributed by atoms with Crippen LogP contribution in [0.2, 0.25) is 0 Å². The van der Waals surface area contributed by atoms with Crippen molar-refractivity contribution in [1.29, 1.82) is 0 Å². The SMILES string of the molecule is COc1ccc(OC)c(C(=O)Cn2nnc(-c3ccccc3Br)n2)c1. The number of methoxy groups -OCH3 is 2. The van der Waals surface area contributed by atoms with Crippen LogP contribution in [-0.4, -0.2) is 40.2 Å². The van der Waals surface area contributed by atoms with Crippen LogP contribution in [0.25, 0.3) is 11.4 Å². The Labute approximate surface area is 152 Å². The number of ketones is 1. The van der Waals surface area contributed by atoms with Gasteiger partial charge in [-0.1, -0.05) is 28.1 Å². The summed E-state index contributed by atoms with van der Waals surface area (Å²) in [5.41, 5.74) is 1.21. The van der Waals surface area contributed by atoms with Gasteiger partial charge in [0.15, 0.2) is 5.78 Å². The maximum absolute atomic E-state index is 12.6. The van der Waals surface area contributed by atoms with Gasteiger partial charge in [0.25, 0.3) is 0 Å². The molecule has 0 saturated carbocycles. The van der Waals surface area contributed by atoms with Gasteiger partial charge in [0.1, 0.15) is 18.0 Å². The van der Waals surface area contributed by atoms with Gasteiger partial charge in [0.05, 0.1) is 19.8 Å². The standard InChI is InChI=1S/C17H15BrN4O3/c1-24-11-7-8-16(25-2)13(9-11)15(23)10-22-20-17(19-21-22)12-5-3-4-6-14(12)18/h3-9H,10H2,1-2H3. The zero-order chi connectivity index (χ0) is 17.8. The minimum Gasteiger partial charge on any atom is -0.497 e. The van der Waals surface area contributed by atoms with Crippen molar-refractivity contribution in [3.05, 3.63) is 52.5 Å². The fourth-order valence-electron chi connectivity index (χ4n) is 2.31. The molecule has 0 aliphatic carbocycles. The van der Waals surface area contributed by atoms with Gasteiger partial charge in [-0.25, -0.2) is 0 Å². The molecule has 7 nitrogen and oxygen atoms in total. The molecule has 0 amide bonds. The Morgan fingerprint density at radius 1 is 1.16 bits per heavy atom. The molecule has 0 N–H and O–H groups in total. The van der Waals surface area contributed by atoms with E-state index in [1.54, 1.807) is 25.3 Å². The number of tetrazole rings is 1. The van der Waals surface area contributed by atoms with E-state index < -0.39 is 0 Å². The van der Waals surface area contributed by atoms with Crippen LogP contribution in [0.3, 0.4) is 0 Å². The topological polar surface area (TPSA) is 79.1 Å². The van der Waals surface area contributed by atoms with Gasteiger partial charge >= 0.3 is 0 Å². The molecule has 25 heavy (non-hydrogen) atoms. The van der Waals surface area contributed by atoms with Crippen LogP contribution in [-0.2, 0) is 6.54 Å². The number of nitrogens with zero attached hydrogens (tertiary/aromatic N) is 4. The number of ether oxygens (including phenoxy) is 2. The minimum atomic E-state index is -0.202. The van der Waals surface area contributed by atoms with Gasteiger partial charge in [-0.05, 0) is 35.5 Å². The molecule has 0 saturated heterocycles. The van der Waals surface area contributed by atoms with Crippen LogP contribution in [0.15, 0.2) is 46.9 Å². The molecule has 0 fully saturated rings. The third-order valence-electron chi connectivity index (χ3n) is 3.56. The predicted molar refractivity (Wildman–Crippen MR) is 94.8 cm³/mol. The number of benzene rings is 2. The fourth-order valence-corrected chi connectivity index (χ4v) is 2.77. The molecule has 0 unspecified atom stereocenters. The quantitative estimate of drug-likeness (QED) is 0.589. The monoisotopic (exact) mass is 402 g/mol. The van der Waals surface area contributed by atoms with Crippen molar-refractivity contribution in [1.82, 2.24) is 20.2 Å². The zero-order valence-corrected chi connectivity index (χ0v) is 15.2. The molecule has 128 valence electrons. The number of hydrogen-bond donors (Lipinski definition) is 0. The largest absolute Gasteiger partial charge is 0.497 e. The Kier molecular flexibility index (Phi) is 5.08. The molecule has 3 aromatic rings. The van der Waals surface area contributed by atoms with Crippen molar-refractivity contribution in [2.75, 3.05) is 14.2 Å². The molecule has 1 aromatic heterocycles.